The quantitative estimate of drug-likeness (QED) is 0.0169. The summed E-state index contributed by atoms with van der Waals surface area (Å²) >= 11 is 0. The molecule has 4 amide bonds. The van der Waals surface area contributed by atoms with Crippen molar-refractivity contribution in [2.75, 3.05) is 26.4 Å². The summed E-state index contributed by atoms with van der Waals surface area (Å²) in [5, 5.41) is 27.5. The van der Waals surface area contributed by atoms with Gasteiger partial charge in [0.25, 0.3) is 0 Å². The molecule has 0 heterocycles. The van der Waals surface area contributed by atoms with E-state index in [0.717, 1.165) is 4.90 Å². The number of carbonyl (C=O) groups excluding carboxylic acids is 5. The van der Waals surface area contributed by atoms with Crippen LogP contribution in [-0.2, 0) is 33.3 Å². The number of alkyl carbamates (subject to hydrolysis) is 2. The molecule has 1 aromatic carbocycles. The fourth-order valence-corrected chi connectivity index (χ4v) is 7.11. The molecule has 1 saturated carbocycles. The second-order valence-electron chi connectivity index (χ2n) is 17.2. The summed E-state index contributed by atoms with van der Waals surface area (Å²) in [6, 6.07) is 2.93. The highest BCUT2D eigenvalue weighted by atomic mass is 16.6. The van der Waals surface area contributed by atoms with Gasteiger partial charge in [-0.3, -0.25) is 20.3 Å². The summed E-state index contributed by atoms with van der Waals surface area (Å²) in [6.45, 7) is 23.7. The number of carboxylic acids is 1. The molecule has 1 aromatic rings. The van der Waals surface area contributed by atoms with E-state index in [1.165, 1.54) is 26.0 Å². The van der Waals surface area contributed by atoms with Gasteiger partial charge in [-0.2, -0.15) is 0 Å². The minimum absolute atomic E-state index is 0.0489. The molecular weight excluding hydrogens is 819 g/mol. The highest BCUT2D eigenvalue weighted by Gasteiger charge is 2.63. The van der Waals surface area contributed by atoms with E-state index in [4.69, 9.17) is 33.8 Å². The molecule has 0 spiro atoms. The zero-order valence-electron chi connectivity index (χ0n) is 38.3. The van der Waals surface area contributed by atoms with Gasteiger partial charge >= 0.3 is 30.2 Å². The lowest BCUT2D eigenvalue weighted by molar-refractivity contribution is -0.154. The lowest BCUT2D eigenvalue weighted by Gasteiger charge is -2.41. The number of rotatable bonds is 20. The topological polar surface area (TPSA) is 241 Å². The normalized spacial score (nSPS) is 18.9. The first-order valence-electron chi connectivity index (χ1n) is 20.9. The fourth-order valence-electron chi connectivity index (χ4n) is 7.11. The average Bonchev–Trinajstić information content (AvgIpc) is 3.45. The van der Waals surface area contributed by atoms with Crippen LogP contribution in [0.1, 0.15) is 100 Å². The van der Waals surface area contributed by atoms with Crippen molar-refractivity contribution in [2.45, 2.75) is 124 Å². The first-order chi connectivity index (χ1) is 29.4. The highest BCUT2D eigenvalue weighted by Crippen LogP contribution is 2.49. The molecule has 5 atom stereocenters. The van der Waals surface area contributed by atoms with Crippen LogP contribution in [0, 0.1) is 22.7 Å². The Morgan fingerprint density at radius 3 is 2.10 bits per heavy atom. The summed E-state index contributed by atoms with van der Waals surface area (Å²) in [5.41, 5.74) is -3.34. The smallest absolute Gasteiger partial charge is 0.417 e. The fraction of sp³-hybridized carbons (Fsp3) is 0.578. The molecule has 0 aliphatic heterocycles. The number of nitrogens with zero attached hydrogens (tertiary/aromatic N) is 1. The number of guanidine groups is 1. The van der Waals surface area contributed by atoms with Crippen molar-refractivity contribution in [2.24, 2.45) is 17.3 Å². The summed E-state index contributed by atoms with van der Waals surface area (Å²) in [4.78, 5) is 80.0. The first-order valence-corrected chi connectivity index (χ1v) is 20.9. The molecular formula is C45H67N5O13. The number of hydrogen-bond donors (Lipinski definition) is 5. The third kappa shape index (κ3) is 16.6. The van der Waals surface area contributed by atoms with Gasteiger partial charge < -0.3 is 44.2 Å². The molecule has 1 aliphatic carbocycles. The SMILES string of the molecule is C=CCOc1ccc(/C=C/C(=O)OCCCNC(=O)OC2C([C@@H](NC(C)=O)C(CC)CC)C(N(C(=N)NC(=O)OC(C)(C)C)C(=O)OC(C)(C)C)CC2(C)C(=O)O)cc1OCC=C. The van der Waals surface area contributed by atoms with Gasteiger partial charge in [0, 0.05) is 31.5 Å². The number of benzene rings is 1. The first kappa shape index (κ1) is 53.1. The molecule has 350 valence electrons. The van der Waals surface area contributed by atoms with E-state index in [0.29, 0.717) is 29.9 Å². The monoisotopic (exact) mass is 885 g/mol. The number of ether oxygens (including phenoxy) is 6. The second-order valence-corrected chi connectivity index (χ2v) is 17.2. The molecule has 0 aromatic heterocycles. The Morgan fingerprint density at radius 1 is 0.952 bits per heavy atom. The summed E-state index contributed by atoms with van der Waals surface area (Å²) in [7, 11) is 0. The maximum absolute atomic E-state index is 14.1. The van der Waals surface area contributed by atoms with E-state index in [9.17, 15) is 33.9 Å². The van der Waals surface area contributed by atoms with Gasteiger partial charge in [-0.15, -0.1) is 0 Å². The van der Waals surface area contributed by atoms with Crippen molar-refractivity contribution >= 4 is 48.2 Å². The zero-order valence-corrected chi connectivity index (χ0v) is 38.3. The lowest BCUT2D eigenvalue weighted by atomic mass is 9.77. The Hall–Kier alpha value is -6.07. The Bertz CT molecular complexity index is 1830. The largest absolute Gasteiger partial charge is 0.486 e. The number of carbonyl (C=O) groups is 6. The van der Waals surface area contributed by atoms with E-state index in [-0.39, 0.29) is 38.7 Å². The third-order valence-corrected chi connectivity index (χ3v) is 9.83. The number of hydrogen-bond acceptors (Lipinski definition) is 13. The number of carboxylic acid groups (broad SMARTS) is 1. The van der Waals surface area contributed by atoms with Crippen LogP contribution in [0.4, 0.5) is 14.4 Å². The van der Waals surface area contributed by atoms with Crippen LogP contribution < -0.4 is 25.4 Å². The molecule has 1 fully saturated rings. The minimum atomic E-state index is -1.90. The van der Waals surface area contributed by atoms with E-state index in [1.807, 2.05) is 13.8 Å². The van der Waals surface area contributed by atoms with Gasteiger partial charge in [0.1, 0.15) is 35.9 Å². The number of amides is 4. The van der Waals surface area contributed by atoms with Crippen LogP contribution in [0.5, 0.6) is 11.5 Å². The standard InChI is InChI=1S/C45H67N5O13/c1-13-23-58-32-20-18-29(26-33(32)59-24-14-2)19-21-34(52)60-25-17-22-47-40(55)61-37-35(36(48-28(5)51)30(15-3)16-4)31(27-45(37,12)38(53)54)50(42(57)63-44(9,10)11)39(46)49-41(56)62-43(6,7)8/h13-14,18-21,26,30-31,35-37H,1-2,15-17,22-25,27H2,3-12H3,(H,47,55)(H,48,51)(H,53,54)(H2,46,49,56)/b21-19+/t31?,35?,36-,37?,45?/m0/s1. The third-order valence-electron chi connectivity index (χ3n) is 9.83. The molecule has 0 bridgehead atoms. The molecule has 2 rings (SSSR count). The van der Waals surface area contributed by atoms with Crippen LogP contribution >= 0.6 is 0 Å². The van der Waals surface area contributed by atoms with Crippen LogP contribution in [0.3, 0.4) is 0 Å². The van der Waals surface area contributed by atoms with Crippen LogP contribution in [0.15, 0.2) is 49.6 Å². The molecule has 5 N–H and O–H groups in total. The molecule has 1 aliphatic rings. The lowest BCUT2D eigenvalue weighted by Crippen LogP contribution is -2.60. The van der Waals surface area contributed by atoms with Gasteiger partial charge in [0.2, 0.25) is 11.9 Å². The van der Waals surface area contributed by atoms with Crippen LogP contribution in [-0.4, -0.2) is 108 Å². The van der Waals surface area contributed by atoms with E-state index in [2.05, 4.69) is 29.1 Å². The van der Waals surface area contributed by atoms with Gasteiger partial charge in [-0.25, -0.2) is 24.1 Å². The molecule has 18 heteroatoms. The molecule has 63 heavy (non-hydrogen) atoms. The summed E-state index contributed by atoms with van der Waals surface area (Å²) in [6.07, 6.45) is 2.01. The Labute approximate surface area is 370 Å². The number of aliphatic carboxylic acids is 1. The van der Waals surface area contributed by atoms with Crippen molar-refractivity contribution < 1.29 is 62.3 Å². The predicted molar refractivity (Wildman–Crippen MR) is 235 cm³/mol. The average molecular weight is 886 g/mol. The predicted octanol–water partition coefficient (Wildman–Crippen LogP) is 6.97. The Kier molecular flexibility index (Phi) is 20.2. The van der Waals surface area contributed by atoms with Crippen molar-refractivity contribution in [3.8, 4) is 11.5 Å². The molecule has 18 nitrogen and oxygen atoms in total. The Balaban J connectivity index is 2.40. The second kappa shape index (κ2) is 24.0. The number of nitrogens with one attached hydrogen (secondary N) is 4. The van der Waals surface area contributed by atoms with Crippen LogP contribution in [0.25, 0.3) is 6.08 Å². The zero-order chi connectivity index (χ0) is 47.7. The maximum atomic E-state index is 14.1. The van der Waals surface area contributed by atoms with Crippen molar-refractivity contribution in [1.29, 1.82) is 5.41 Å². The van der Waals surface area contributed by atoms with E-state index in [1.54, 1.807) is 71.9 Å². The highest BCUT2D eigenvalue weighted by molar-refractivity contribution is 6.00. The van der Waals surface area contributed by atoms with Crippen molar-refractivity contribution in [3.05, 3.63) is 55.1 Å². The maximum Gasteiger partial charge on any atom is 0.417 e. The van der Waals surface area contributed by atoms with Gasteiger partial charge in [-0.05, 0) is 91.0 Å². The van der Waals surface area contributed by atoms with Gasteiger partial charge in [0.15, 0.2) is 11.5 Å². The molecule has 4 unspecified atom stereocenters. The van der Waals surface area contributed by atoms with Crippen molar-refractivity contribution in [3.63, 3.8) is 0 Å². The molecule has 0 saturated heterocycles. The van der Waals surface area contributed by atoms with E-state index < -0.39 is 89.2 Å². The summed E-state index contributed by atoms with van der Waals surface area (Å²) in [5.74, 6) is -3.83. The Morgan fingerprint density at radius 2 is 1.56 bits per heavy atom. The summed E-state index contributed by atoms with van der Waals surface area (Å²) < 4.78 is 33.6. The van der Waals surface area contributed by atoms with E-state index >= 15 is 0 Å². The molecule has 0 radical (unpaired) electrons. The number of esters is 1. The van der Waals surface area contributed by atoms with Crippen molar-refractivity contribution in [1.82, 2.24) is 20.9 Å². The van der Waals surface area contributed by atoms with Gasteiger partial charge in [-0.1, -0.05) is 58.1 Å². The minimum Gasteiger partial charge on any atom is -0.486 e. The van der Waals surface area contributed by atoms with Gasteiger partial charge in [0.05, 0.1) is 12.6 Å². The van der Waals surface area contributed by atoms with Crippen LogP contribution in [0.2, 0.25) is 0 Å².